The van der Waals surface area contributed by atoms with Crippen LogP contribution >= 0.6 is 33.0 Å². The van der Waals surface area contributed by atoms with E-state index in [0.29, 0.717) is 0 Å². The number of rotatable bonds is 0. The predicted molar refractivity (Wildman–Crippen MR) is 40.9 cm³/mol. The molecule has 0 radical (unpaired) electrons. The monoisotopic (exact) mass is 152 g/mol. The highest BCUT2D eigenvalue weighted by Gasteiger charge is 1.74. The molecule has 7 heavy (non-hydrogen) atoms. The second kappa shape index (κ2) is 3.43. The van der Waals surface area contributed by atoms with E-state index in [-0.39, 0.29) is 12.4 Å². The highest BCUT2D eigenvalue weighted by atomic mass is 35.5. The highest BCUT2D eigenvalue weighted by Crippen LogP contribution is 1.96. The molecule has 0 spiro atoms. The van der Waals surface area contributed by atoms with Crippen molar-refractivity contribution in [3.8, 4) is 0 Å². The molecule has 0 saturated carbocycles. The molecule has 1 aromatic rings. The van der Waals surface area contributed by atoms with E-state index in [1.54, 1.807) is 11.3 Å². The Kier molecular flexibility index (Phi) is 3.63. The largest absolute Gasteiger partial charge is 0.147 e. The molecule has 0 saturated heterocycles. The van der Waals surface area contributed by atoms with Crippen LogP contribution in [0.3, 0.4) is 0 Å². The molecular formula is C4H6ClPS. The van der Waals surface area contributed by atoms with Crippen molar-refractivity contribution >= 4 is 37.6 Å². The third kappa shape index (κ3) is 2.28. The molecule has 3 heteroatoms. The first-order valence-electron chi connectivity index (χ1n) is 1.68. The Balaban J connectivity index is 0.000000360. The van der Waals surface area contributed by atoms with E-state index in [0.717, 1.165) is 0 Å². The molecule has 0 amide bonds. The van der Waals surface area contributed by atoms with Gasteiger partial charge in [-0.05, 0) is 11.4 Å². The highest BCUT2D eigenvalue weighted by molar-refractivity contribution is 7.42. The van der Waals surface area contributed by atoms with Gasteiger partial charge in [0.2, 0.25) is 0 Å². The van der Waals surface area contributed by atoms with E-state index >= 15 is 0 Å². The average molecular weight is 153 g/mol. The van der Waals surface area contributed by atoms with E-state index in [1.807, 2.05) is 6.07 Å². The predicted octanol–water partition coefficient (Wildman–Crippen LogP) is 1.67. The number of hydrogen-bond acceptors (Lipinski definition) is 1. The molecule has 0 aliphatic carbocycles. The van der Waals surface area contributed by atoms with Gasteiger partial charge in [-0.3, -0.25) is 0 Å². The van der Waals surface area contributed by atoms with Crippen LogP contribution in [0, 0.1) is 0 Å². The Hall–Kier alpha value is 0.420. The second-order valence-electron chi connectivity index (χ2n) is 1.02. The first kappa shape index (κ1) is 7.42. The minimum absolute atomic E-state index is 0. The van der Waals surface area contributed by atoms with Crippen LogP contribution in [0.5, 0.6) is 0 Å². The van der Waals surface area contributed by atoms with Crippen LogP contribution in [0.1, 0.15) is 0 Å². The van der Waals surface area contributed by atoms with E-state index < -0.39 is 0 Å². The Morgan fingerprint density at radius 3 is 2.43 bits per heavy atom. The lowest BCUT2D eigenvalue weighted by atomic mass is 10.7. The van der Waals surface area contributed by atoms with Crippen LogP contribution in [0.25, 0.3) is 0 Å². The number of thiophene rings is 1. The molecule has 0 fully saturated rings. The quantitative estimate of drug-likeness (QED) is 0.496. The van der Waals surface area contributed by atoms with Crippen LogP contribution in [-0.2, 0) is 0 Å². The van der Waals surface area contributed by atoms with Crippen molar-refractivity contribution in [2.75, 3.05) is 0 Å². The normalized spacial score (nSPS) is 7.57. The van der Waals surface area contributed by atoms with Gasteiger partial charge in [-0.25, -0.2) is 0 Å². The first-order valence-corrected chi connectivity index (χ1v) is 3.14. The molecular weight excluding hydrogens is 147 g/mol. The molecule has 1 rings (SSSR count). The fraction of sp³-hybridized carbons (Fsp3) is 0. The van der Waals surface area contributed by atoms with Crippen molar-refractivity contribution in [2.24, 2.45) is 0 Å². The van der Waals surface area contributed by atoms with Crippen molar-refractivity contribution in [1.29, 1.82) is 0 Å². The maximum atomic E-state index is 2.63. The van der Waals surface area contributed by atoms with Crippen LogP contribution in [0.4, 0.5) is 0 Å². The van der Waals surface area contributed by atoms with E-state index in [2.05, 4.69) is 20.7 Å². The lowest BCUT2D eigenvalue weighted by Gasteiger charge is -1.65. The van der Waals surface area contributed by atoms with Crippen LogP contribution in [-0.4, -0.2) is 0 Å². The molecule has 1 atom stereocenters. The van der Waals surface area contributed by atoms with Gasteiger partial charge in [0.25, 0.3) is 0 Å². The molecule has 1 aromatic heterocycles. The summed E-state index contributed by atoms with van der Waals surface area (Å²) in [4.78, 5) is 0. The zero-order valence-corrected chi connectivity index (χ0v) is 6.41. The molecule has 0 N–H and O–H groups in total. The molecule has 0 bridgehead atoms. The maximum Gasteiger partial charge on any atom is 0.0216 e. The summed E-state index contributed by atoms with van der Waals surface area (Å²) < 4.78 is 1.30. The van der Waals surface area contributed by atoms with E-state index in [9.17, 15) is 0 Å². The van der Waals surface area contributed by atoms with Gasteiger partial charge in [0, 0.05) is 4.62 Å². The third-order valence-corrected chi connectivity index (χ3v) is 1.85. The van der Waals surface area contributed by atoms with Gasteiger partial charge in [0.05, 0.1) is 0 Å². The third-order valence-electron chi connectivity index (χ3n) is 0.543. The van der Waals surface area contributed by atoms with Crippen molar-refractivity contribution in [3.63, 3.8) is 0 Å². The minimum atomic E-state index is 0. The number of halogens is 1. The lowest BCUT2D eigenvalue weighted by Crippen LogP contribution is -1.68. The average Bonchev–Trinajstić information content (AvgIpc) is 1.86. The molecule has 0 aromatic carbocycles. The summed E-state index contributed by atoms with van der Waals surface area (Å²) in [5, 5.41) is 2.06. The Morgan fingerprint density at radius 1 is 1.57 bits per heavy atom. The summed E-state index contributed by atoms with van der Waals surface area (Å²) in [5.74, 6) is 0. The Labute approximate surface area is 55.6 Å². The smallest absolute Gasteiger partial charge is 0.0216 e. The molecule has 0 aliphatic rings. The van der Waals surface area contributed by atoms with Crippen molar-refractivity contribution < 1.29 is 0 Å². The standard InChI is InChI=1S/C4H5PS.ClH/c5-4-2-1-3-6-4;/h1-3H,5H2;1H. The molecule has 40 valence electrons. The van der Waals surface area contributed by atoms with Crippen molar-refractivity contribution in [3.05, 3.63) is 17.5 Å². The van der Waals surface area contributed by atoms with E-state index in [1.165, 1.54) is 4.62 Å². The zero-order chi connectivity index (χ0) is 4.41. The van der Waals surface area contributed by atoms with Crippen LogP contribution < -0.4 is 4.62 Å². The van der Waals surface area contributed by atoms with Gasteiger partial charge in [0.1, 0.15) is 0 Å². The maximum absolute atomic E-state index is 2.63. The topological polar surface area (TPSA) is 0 Å². The van der Waals surface area contributed by atoms with Crippen molar-refractivity contribution in [2.45, 2.75) is 0 Å². The summed E-state index contributed by atoms with van der Waals surface area (Å²) in [6.07, 6.45) is 0. The Morgan fingerprint density at radius 2 is 2.29 bits per heavy atom. The zero-order valence-electron chi connectivity index (χ0n) is 3.63. The van der Waals surface area contributed by atoms with Gasteiger partial charge in [-0.15, -0.1) is 23.7 Å². The number of hydrogen-bond donors (Lipinski definition) is 0. The van der Waals surface area contributed by atoms with Gasteiger partial charge in [0.15, 0.2) is 0 Å². The van der Waals surface area contributed by atoms with Crippen LogP contribution in [0.15, 0.2) is 17.5 Å². The fourth-order valence-corrected chi connectivity index (χ4v) is 1.11. The first-order chi connectivity index (χ1) is 2.89. The molecule has 0 nitrogen and oxygen atoms in total. The summed E-state index contributed by atoms with van der Waals surface area (Å²) in [6, 6.07) is 4.10. The van der Waals surface area contributed by atoms with Crippen LogP contribution in [0.2, 0.25) is 0 Å². The van der Waals surface area contributed by atoms with Gasteiger partial charge in [-0.1, -0.05) is 15.3 Å². The van der Waals surface area contributed by atoms with Gasteiger partial charge in [-0.2, -0.15) is 0 Å². The molecule has 1 heterocycles. The van der Waals surface area contributed by atoms with Gasteiger partial charge < -0.3 is 0 Å². The minimum Gasteiger partial charge on any atom is -0.147 e. The summed E-state index contributed by atoms with van der Waals surface area (Å²) in [5.41, 5.74) is 0. The SMILES string of the molecule is Cl.Pc1cccs1. The lowest BCUT2D eigenvalue weighted by molar-refractivity contribution is 2.08. The van der Waals surface area contributed by atoms with Gasteiger partial charge >= 0.3 is 0 Å². The van der Waals surface area contributed by atoms with Crippen molar-refractivity contribution in [1.82, 2.24) is 0 Å². The van der Waals surface area contributed by atoms with E-state index in [4.69, 9.17) is 0 Å². The fourth-order valence-electron chi connectivity index (χ4n) is 0.291. The second-order valence-corrected chi connectivity index (χ2v) is 3.04. The summed E-state index contributed by atoms with van der Waals surface area (Å²) in [6.45, 7) is 0. The summed E-state index contributed by atoms with van der Waals surface area (Å²) >= 11 is 1.74. The molecule has 1 unspecified atom stereocenters. The summed E-state index contributed by atoms with van der Waals surface area (Å²) in [7, 11) is 2.63. The Bertz CT molecular complexity index is 115. The molecule has 0 aliphatic heterocycles.